The topological polar surface area (TPSA) is 73.2 Å². The minimum atomic E-state index is -3.52. The number of benzene rings is 1. The molecule has 1 rings (SSSR count). The van der Waals surface area contributed by atoms with Crippen LogP contribution in [-0.2, 0) is 10.0 Å². The van der Waals surface area contributed by atoms with Crippen molar-refractivity contribution in [1.29, 1.82) is 5.26 Å². The highest BCUT2D eigenvalue weighted by molar-refractivity contribution is 7.89. The Labute approximate surface area is 134 Å². The fourth-order valence-electron chi connectivity index (χ4n) is 2.26. The van der Waals surface area contributed by atoms with Crippen LogP contribution in [0.1, 0.15) is 39.2 Å². The molecule has 0 saturated heterocycles. The van der Waals surface area contributed by atoms with Crippen molar-refractivity contribution in [3.05, 3.63) is 29.8 Å². The number of nitriles is 1. The SMILES string of the molecule is CCN(CC)CCC[C@H](C)NS(=O)(=O)c1ccc(C#N)cc1. The number of hydrogen-bond donors (Lipinski definition) is 1. The largest absolute Gasteiger partial charge is 0.304 e. The summed E-state index contributed by atoms with van der Waals surface area (Å²) in [5.74, 6) is 0. The first-order valence-corrected chi connectivity index (χ1v) is 9.16. The normalized spacial score (nSPS) is 13.0. The highest BCUT2D eigenvalue weighted by Crippen LogP contribution is 2.11. The molecule has 6 heteroatoms. The van der Waals surface area contributed by atoms with Crippen LogP contribution in [0, 0.1) is 11.3 Å². The number of rotatable bonds is 9. The number of hydrogen-bond acceptors (Lipinski definition) is 4. The summed E-state index contributed by atoms with van der Waals surface area (Å²) >= 11 is 0. The smallest absolute Gasteiger partial charge is 0.240 e. The molecule has 0 aromatic heterocycles. The third-order valence-corrected chi connectivity index (χ3v) is 5.26. The first-order valence-electron chi connectivity index (χ1n) is 7.67. The van der Waals surface area contributed by atoms with Crippen LogP contribution in [0.5, 0.6) is 0 Å². The van der Waals surface area contributed by atoms with E-state index in [0.29, 0.717) is 5.56 Å². The van der Waals surface area contributed by atoms with E-state index in [1.54, 1.807) is 0 Å². The summed E-state index contributed by atoms with van der Waals surface area (Å²) < 4.78 is 27.2. The Balaban J connectivity index is 2.54. The molecule has 0 aliphatic heterocycles. The minimum Gasteiger partial charge on any atom is -0.304 e. The number of nitrogens with one attached hydrogen (secondary N) is 1. The molecule has 1 aromatic carbocycles. The van der Waals surface area contributed by atoms with Crippen molar-refractivity contribution in [3.8, 4) is 6.07 Å². The second-order valence-corrected chi connectivity index (χ2v) is 7.04. The van der Waals surface area contributed by atoms with Gasteiger partial charge in [0.2, 0.25) is 10.0 Å². The molecule has 0 spiro atoms. The van der Waals surface area contributed by atoms with Crippen LogP contribution in [0.4, 0.5) is 0 Å². The van der Waals surface area contributed by atoms with Crippen LogP contribution in [0.15, 0.2) is 29.2 Å². The van der Waals surface area contributed by atoms with Crippen molar-refractivity contribution in [1.82, 2.24) is 9.62 Å². The van der Waals surface area contributed by atoms with E-state index in [9.17, 15) is 8.42 Å². The molecular weight excluding hydrogens is 298 g/mol. The molecule has 5 nitrogen and oxygen atoms in total. The fraction of sp³-hybridized carbons (Fsp3) is 0.562. The monoisotopic (exact) mass is 323 g/mol. The van der Waals surface area contributed by atoms with Crippen LogP contribution in [0.2, 0.25) is 0 Å². The molecule has 0 aliphatic rings. The predicted molar refractivity (Wildman–Crippen MR) is 88.0 cm³/mol. The van der Waals surface area contributed by atoms with Crippen molar-refractivity contribution >= 4 is 10.0 Å². The zero-order valence-corrected chi connectivity index (χ0v) is 14.4. The van der Waals surface area contributed by atoms with Crippen LogP contribution >= 0.6 is 0 Å². The molecule has 0 heterocycles. The molecule has 1 aromatic rings. The maximum absolute atomic E-state index is 12.2. The van der Waals surface area contributed by atoms with Gasteiger partial charge in [-0.05, 0) is 63.7 Å². The van der Waals surface area contributed by atoms with E-state index < -0.39 is 10.0 Å². The minimum absolute atomic E-state index is 0.115. The van der Waals surface area contributed by atoms with E-state index in [2.05, 4.69) is 23.5 Å². The summed E-state index contributed by atoms with van der Waals surface area (Å²) in [7, 11) is -3.52. The van der Waals surface area contributed by atoms with Crippen molar-refractivity contribution in [2.75, 3.05) is 19.6 Å². The first kappa shape index (κ1) is 18.6. The summed E-state index contributed by atoms with van der Waals surface area (Å²) in [5.41, 5.74) is 0.450. The Morgan fingerprint density at radius 2 is 1.82 bits per heavy atom. The lowest BCUT2D eigenvalue weighted by atomic mass is 10.2. The summed E-state index contributed by atoms with van der Waals surface area (Å²) in [5, 5.41) is 8.74. The molecule has 0 aliphatic carbocycles. The molecule has 1 N–H and O–H groups in total. The van der Waals surface area contributed by atoms with E-state index in [1.807, 2.05) is 13.0 Å². The van der Waals surface area contributed by atoms with Crippen molar-refractivity contribution in [2.45, 2.75) is 44.6 Å². The lowest BCUT2D eigenvalue weighted by molar-refractivity contribution is 0.293. The van der Waals surface area contributed by atoms with Gasteiger partial charge in [0.05, 0.1) is 16.5 Å². The fourth-order valence-corrected chi connectivity index (χ4v) is 3.54. The number of sulfonamides is 1. The average Bonchev–Trinajstić information content (AvgIpc) is 2.51. The average molecular weight is 323 g/mol. The van der Waals surface area contributed by atoms with Gasteiger partial charge in [-0.3, -0.25) is 0 Å². The maximum atomic E-state index is 12.2. The molecule has 22 heavy (non-hydrogen) atoms. The predicted octanol–water partition coefficient (Wildman–Crippen LogP) is 2.35. The Hall–Kier alpha value is -1.42. The summed E-state index contributed by atoms with van der Waals surface area (Å²) in [6.45, 7) is 9.14. The van der Waals surface area contributed by atoms with Crippen molar-refractivity contribution in [2.24, 2.45) is 0 Å². The Morgan fingerprint density at radius 3 is 2.32 bits per heavy atom. The van der Waals surface area contributed by atoms with E-state index in [-0.39, 0.29) is 10.9 Å². The Bertz CT molecular complexity index is 587. The van der Waals surface area contributed by atoms with Crippen molar-refractivity contribution in [3.63, 3.8) is 0 Å². The molecule has 0 unspecified atom stereocenters. The highest BCUT2D eigenvalue weighted by atomic mass is 32.2. The molecule has 0 saturated carbocycles. The molecule has 0 amide bonds. The zero-order chi connectivity index (χ0) is 16.6. The van der Waals surface area contributed by atoms with Gasteiger partial charge in [-0.25, -0.2) is 13.1 Å². The van der Waals surface area contributed by atoms with E-state index in [4.69, 9.17) is 5.26 Å². The van der Waals surface area contributed by atoms with Crippen LogP contribution in [-0.4, -0.2) is 39.0 Å². The zero-order valence-electron chi connectivity index (χ0n) is 13.5. The number of nitrogens with zero attached hydrogens (tertiary/aromatic N) is 2. The van der Waals surface area contributed by atoms with Gasteiger partial charge in [0, 0.05) is 6.04 Å². The van der Waals surface area contributed by atoms with Gasteiger partial charge in [-0.15, -0.1) is 0 Å². The van der Waals surface area contributed by atoms with E-state index >= 15 is 0 Å². The second kappa shape index (κ2) is 8.89. The summed E-state index contributed by atoms with van der Waals surface area (Å²) in [4.78, 5) is 2.52. The third kappa shape index (κ3) is 5.76. The molecule has 0 radical (unpaired) electrons. The van der Waals surface area contributed by atoms with Crippen LogP contribution in [0.3, 0.4) is 0 Å². The summed E-state index contributed by atoms with van der Waals surface area (Å²) in [6, 6.07) is 7.81. The maximum Gasteiger partial charge on any atom is 0.240 e. The summed E-state index contributed by atoms with van der Waals surface area (Å²) in [6.07, 6.45) is 1.75. The van der Waals surface area contributed by atoms with Gasteiger partial charge in [0.15, 0.2) is 0 Å². The van der Waals surface area contributed by atoms with Gasteiger partial charge >= 0.3 is 0 Å². The molecule has 1 atom stereocenters. The quantitative estimate of drug-likeness (QED) is 0.757. The molecule has 0 fully saturated rings. The lowest BCUT2D eigenvalue weighted by Crippen LogP contribution is -2.33. The van der Waals surface area contributed by atoms with Gasteiger partial charge in [-0.1, -0.05) is 13.8 Å². The van der Waals surface area contributed by atoms with Gasteiger partial charge in [-0.2, -0.15) is 5.26 Å². The standard InChI is InChI=1S/C16H25N3O2S/c1-4-19(5-2)12-6-7-14(3)18-22(20,21)16-10-8-15(13-17)9-11-16/h8-11,14,18H,4-7,12H2,1-3H3/t14-/m0/s1. The lowest BCUT2D eigenvalue weighted by Gasteiger charge is -2.19. The molecule has 0 bridgehead atoms. The first-order chi connectivity index (χ1) is 10.4. The highest BCUT2D eigenvalue weighted by Gasteiger charge is 2.17. The molecule has 122 valence electrons. The van der Waals surface area contributed by atoms with Crippen LogP contribution < -0.4 is 4.72 Å². The Kier molecular flexibility index (Phi) is 7.52. The second-order valence-electron chi connectivity index (χ2n) is 5.33. The van der Waals surface area contributed by atoms with Crippen molar-refractivity contribution < 1.29 is 8.42 Å². The van der Waals surface area contributed by atoms with Crippen LogP contribution in [0.25, 0.3) is 0 Å². The molecular formula is C16H25N3O2S. The van der Waals surface area contributed by atoms with E-state index in [1.165, 1.54) is 24.3 Å². The van der Waals surface area contributed by atoms with Gasteiger partial charge in [0.25, 0.3) is 0 Å². The Morgan fingerprint density at radius 1 is 1.23 bits per heavy atom. The van der Waals surface area contributed by atoms with E-state index in [0.717, 1.165) is 32.5 Å². The third-order valence-electron chi connectivity index (χ3n) is 3.66. The van der Waals surface area contributed by atoms with Gasteiger partial charge < -0.3 is 4.90 Å². The van der Waals surface area contributed by atoms with Gasteiger partial charge in [0.1, 0.15) is 0 Å².